The number of aromatic nitrogens is 1. The molecule has 12 heavy (non-hydrogen) atoms. The van der Waals surface area contributed by atoms with Crippen molar-refractivity contribution in [2.45, 2.75) is 33.7 Å². The largest absolute Gasteiger partial charge is 0.364 e. The van der Waals surface area contributed by atoms with Gasteiger partial charge in [-0.15, -0.1) is 0 Å². The van der Waals surface area contributed by atoms with E-state index in [2.05, 4.69) is 25.9 Å². The van der Waals surface area contributed by atoms with Gasteiger partial charge in [0.1, 0.15) is 6.26 Å². The highest BCUT2D eigenvalue weighted by molar-refractivity contribution is 5.15. The Morgan fingerprint density at radius 1 is 1.50 bits per heavy atom. The lowest BCUT2D eigenvalue weighted by Gasteiger charge is -2.16. The molecule has 0 saturated carbocycles. The zero-order valence-corrected chi connectivity index (χ0v) is 7.92. The van der Waals surface area contributed by atoms with Crippen molar-refractivity contribution in [1.82, 2.24) is 5.16 Å². The van der Waals surface area contributed by atoms with Crippen LogP contribution < -0.4 is 5.73 Å². The standard InChI is InChI=1S/C9H16N2O/c1-9(2,3)4-8-7(5-10)6-12-11-8/h6H,4-5,10H2,1-3H3. The fraction of sp³-hybridized carbons (Fsp3) is 0.667. The first-order valence-electron chi connectivity index (χ1n) is 4.15. The average molecular weight is 168 g/mol. The van der Waals surface area contributed by atoms with Crippen LogP contribution >= 0.6 is 0 Å². The van der Waals surface area contributed by atoms with E-state index in [-0.39, 0.29) is 5.41 Å². The Hall–Kier alpha value is -0.830. The predicted octanol–water partition coefficient (Wildman–Crippen LogP) is 1.72. The molecule has 0 aliphatic heterocycles. The highest BCUT2D eigenvalue weighted by Gasteiger charge is 2.16. The minimum atomic E-state index is 0.237. The van der Waals surface area contributed by atoms with Gasteiger partial charge in [-0.25, -0.2) is 0 Å². The molecule has 0 unspecified atom stereocenters. The Bertz CT molecular complexity index is 247. The van der Waals surface area contributed by atoms with E-state index in [4.69, 9.17) is 10.3 Å². The van der Waals surface area contributed by atoms with Crippen LogP contribution in [0.3, 0.4) is 0 Å². The van der Waals surface area contributed by atoms with E-state index in [0.29, 0.717) is 6.54 Å². The third kappa shape index (κ3) is 2.34. The van der Waals surface area contributed by atoms with Crippen molar-refractivity contribution in [2.75, 3.05) is 0 Å². The van der Waals surface area contributed by atoms with Crippen LogP contribution in [0.25, 0.3) is 0 Å². The monoisotopic (exact) mass is 168 g/mol. The molecular formula is C9H16N2O. The fourth-order valence-electron chi connectivity index (χ4n) is 1.09. The van der Waals surface area contributed by atoms with Gasteiger partial charge in [0.15, 0.2) is 0 Å². The van der Waals surface area contributed by atoms with Crippen molar-refractivity contribution in [2.24, 2.45) is 11.1 Å². The van der Waals surface area contributed by atoms with E-state index in [1.807, 2.05) is 0 Å². The van der Waals surface area contributed by atoms with Crippen molar-refractivity contribution in [3.05, 3.63) is 17.5 Å². The summed E-state index contributed by atoms with van der Waals surface area (Å²) >= 11 is 0. The van der Waals surface area contributed by atoms with E-state index in [9.17, 15) is 0 Å². The van der Waals surface area contributed by atoms with E-state index in [1.165, 1.54) is 0 Å². The molecule has 1 rings (SSSR count). The third-order valence-corrected chi connectivity index (χ3v) is 1.65. The van der Waals surface area contributed by atoms with Crippen LogP contribution in [-0.4, -0.2) is 5.16 Å². The zero-order chi connectivity index (χ0) is 9.19. The molecule has 0 radical (unpaired) electrons. The first-order chi connectivity index (χ1) is 5.53. The molecular weight excluding hydrogens is 152 g/mol. The lowest BCUT2D eigenvalue weighted by molar-refractivity contribution is 0.371. The summed E-state index contributed by atoms with van der Waals surface area (Å²) in [4.78, 5) is 0. The first-order valence-corrected chi connectivity index (χ1v) is 4.15. The lowest BCUT2D eigenvalue weighted by atomic mass is 9.89. The van der Waals surface area contributed by atoms with Gasteiger partial charge in [-0.2, -0.15) is 0 Å². The number of hydrogen-bond acceptors (Lipinski definition) is 3. The number of rotatable bonds is 2. The van der Waals surface area contributed by atoms with Crippen LogP contribution in [-0.2, 0) is 13.0 Å². The van der Waals surface area contributed by atoms with Gasteiger partial charge in [0.05, 0.1) is 5.69 Å². The molecule has 0 saturated heterocycles. The van der Waals surface area contributed by atoms with Crippen LogP contribution in [0.15, 0.2) is 10.8 Å². The van der Waals surface area contributed by atoms with E-state index in [1.54, 1.807) is 6.26 Å². The van der Waals surface area contributed by atoms with Gasteiger partial charge in [-0.05, 0) is 11.8 Å². The summed E-state index contributed by atoms with van der Waals surface area (Å²) in [6.07, 6.45) is 2.54. The molecule has 0 aliphatic carbocycles. The summed E-state index contributed by atoms with van der Waals surface area (Å²) in [5.74, 6) is 0. The van der Waals surface area contributed by atoms with Gasteiger partial charge < -0.3 is 10.3 Å². The zero-order valence-electron chi connectivity index (χ0n) is 7.92. The highest BCUT2D eigenvalue weighted by atomic mass is 16.5. The van der Waals surface area contributed by atoms with Crippen molar-refractivity contribution >= 4 is 0 Å². The second kappa shape index (κ2) is 3.27. The lowest BCUT2D eigenvalue weighted by Crippen LogP contribution is -2.11. The Balaban J connectivity index is 2.75. The van der Waals surface area contributed by atoms with Crippen molar-refractivity contribution in [3.8, 4) is 0 Å². The SMILES string of the molecule is CC(C)(C)Cc1nocc1CN. The molecule has 1 heterocycles. The molecule has 0 bridgehead atoms. The normalized spacial score (nSPS) is 12.0. The summed E-state index contributed by atoms with van der Waals surface area (Å²) < 4.78 is 4.85. The predicted molar refractivity (Wildman–Crippen MR) is 47.6 cm³/mol. The summed E-state index contributed by atoms with van der Waals surface area (Å²) in [6, 6.07) is 0. The minimum absolute atomic E-state index is 0.237. The Labute approximate surface area is 72.9 Å². The highest BCUT2D eigenvalue weighted by Crippen LogP contribution is 2.21. The second-order valence-corrected chi connectivity index (χ2v) is 4.23. The van der Waals surface area contributed by atoms with Crippen LogP contribution in [0.1, 0.15) is 32.0 Å². The molecule has 1 aromatic rings. The minimum Gasteiger partial charge on any atom is -0.364 e. The summed E-state index contributed by atoms with van der Waals surface area (Å²) in [6.45, 7) is 7.01. The number of hydrogen-bond donors (Lipinski definition) is 1. The first kappa shape index (κ1) is 9.26. The molecule has 1 aromatic heterocycles. The van der Waals surface area contributed by atoms with Gasteiger partial charge in [0, 0.05) is 12.1 Å². The Morgan fingerprint density at radius 3 is 2.67 bits per heavy atom. The molecule has 0 aromatic carbocycles. The van der Waals surface area contributed by atoms with E-state index >= 15 is 0 Å². The van der Waals surface area contributed by atoms with Crippen molar-refractivity contribution in [1.29, 1.82) is 0 Å². The van der Waals surface area contributed by atoms with Gasteiger partial charge in [0.25, 0.3) is 0 Å². The Kier molecular flexibility index (Phi) is 2.52. The van der Waals surface area contributed by atoms with Gasteiger partial charge in [0.2, 0.25) is 0 Å². The Morgan fingerprint density at radius 2 is 2.17 bits per heavy atom. The number of nitrogens with two attached hydrogens (primary N) is 1. The van der Waals surface area contributed by atoms with Crippen LogP contribution in [0.2, 0.25) is 0 Å². The maximum atomic E-state index is 5.51. The van der Waals surface area contributed by atoms with Gasteiger partial charge >= 0.3 is 0 Å². The van der Waals surface area contributed by atoms with E-state index < -0.39 is 0 Å². The van der Waals surface area contributed by atoms with Gasteiger partial charge in [-0.1, -0.05) is 25.9 Å². The molecule has 2 N–H and O–H groups in total. The maximum Gasteiger partial charge on any atom is 0.128 e. The molecule has 3 nitrogen and oxygen atoms in total. The summed E-state index contributed by atoms with van der Waals surface area (Å²) in [5, 5.41) is 3.92. The molecule has 0 aliphatic rings. The molecule has 68 valence electrons. The summed E-state index contributed by atoms with van der Waals surface area (Å²) in [5.41, 5.74) is 7.76. The molecule has 0 atom stereocenters. The third-order valence-electron chi connectivity index (χ3n) is 1.65. The quantitative estimate of drug-likeness (QED) is 0.731. The van der Waals surface area contributed by atoms with Crippen molar-refractivity contribution in [3.63, 3.8) is 0 Å². The molecule has 0 spiro atoms. The van der Waals surface area contributed by atoms with Crippen LogP contribution in [0.5, 0.6) is 0 Å². The van der Waals surface area contributed by atoms with Crippen molar-refractivity contribution < 1.29 is 4.52 Å². The van der Waals surface area contributed by atoms with Gasteiger partial charge in [-0.3, -0.25) is 0 Å². The molecule has 3 heteroatoms. The van der Waals surface area contributed by atoms with Crippen LogP contribution in [0, 0.1) is 5.41 Å². The van der Waals surface area contributed by atoms with E-state index in [0.717, 1.165) is 17.7 Å². The van der Waals surface area contributed by atoms with Crippen LogP contribution in [0.4, 0.5) is 0 Å². The smallest absolute Gasteiger partial charge is 0.128 e. The second-order valence-electron chi connectivity index (χ2n) is 4.23. The maximum absolute atomic E-state index is 5.51. The topological polar surface area (TPSA) is 52.0 Å². The average Bonchev–Trinajstić information content (AvgIpc) is 2.31. The fourth-order valence-corrected chi connectivity index (χ4v) is 1.09. The molecule has 0 fully saturated rings. The number of nitrogens with zero attached hydrogens (tertiary/aromatic N) is 1. The summed E-state index contributed by atoms with van der Waals surface area (Å²) in [7, 11) is 0. The molecule has 0 amide bonds.